The van der Waals surface area contributed by atoms with E-state index in [1.54, 1.807) is 6.92 Å². The Bertz CT molecular complexity index is 471. The predicted molar refractivity (Wildman–Crippen MR) is 75.5 cm³/mol. The molecular formula is C11H14ClFN2O3S. The van der Waals surface area contributed by atoms with E-state index in [1.807, 2.05) is 6.26 Å². The third kappa shape index (κ3) is 3.95. The van der Waals surface area contributed by atoms with E-state index in [4.69, 9.17) is 16.7 Å². The van der Waals surface area contributed by atoms with Crippen LogP contribution in [0.3, 0.4) is 0 Å². The zero-order chi connectivity index (χ0) is 14.6. The van der Waals surface area contributed by atoms with Gasteiger partial charge in [0.1, 0.15) is 11.5 Å². The third-order valence-corrected chi connectivity index (χ3v) is 4.11. The number of nitro groups is 1. The van der Waals surface area contributed by atoms with Crippen LogP contribution in [0.15, 0.2) is 12.1 Å². The van der Waals surface area contributed by atoms with Crippen LogP contribution in [0, 0.1) is 15.9 Å². The van der Waals surface area contributed by atoms with Gasteiger partial charge in [0.2, 0.25) is 0 Å². The number of rotatable bonds is 6. The predicted octanol–water partition coefficient (Wildman–Crippen LogP) is 2.91. The van der Waals surface area contributed by atoms with Crippen LogP contribution in [0.2, 0.25) is 5.02 Å². The number of benzene rings is 1. The van der Waals surface area contributed by atoms with Crippen molar-refractivity contribution < 1.29 is 14.4 Å². The van der Waals surface area contributed by atoms with Gasteiger partial charge in [-0.05, 0) is 13.2 Å². The van der Waals surface area contributed by atoms with E-state index in [9.17, 15) is 14.5 Å². The van der Waals surface area contributed by atoms with Crippen LogP contribution < -0.4 is 5.32 Å². The Morgan fingerprint density at radius 2 is 2.26 bits per heavy atom. The molecule has 1 aromatic carbocycles. The second-order valence-electron chi connectivity index (χ2n) is 3.93. The molecule has 0 spiro atoms. The maximum atomic E-state index is 13.4. The summed E-state index contributed by atoms with van der Waals surface area (Å²) in [6, 6.07) is 1.70. The quantitative estimate of drug-likeness (QED) is 0.624. The first kappa shape index (κ1) is 16.0. The Hall–Kier alpha value is -1.05. The van der Waals surface area contributed by atoms with Gasteiger partial charge < -0.3 is 10.4 Å². The lowest BCUT2D eigenvalue weighted by molar-refractivity contribution is -0.384. The summed E-state index contributed by atoms with van der Waals surface area (Å²) in [7, 11) is 0. The van der Waals surface area contributed by atoms with Gasteiger partial charge in [0.05, 0.1) is 16.6 Å². The minimum Gasteiger partial charge on any atom is -0.395 e. The van der Waals surface area contributed by atoms with Gasteiger partial charge in [0.15, 0.2) is 0 Å². The largest absolute Gasteiger partial charge is 0.395 e. The molecule has 0 aliphatic heterocycles. The highest BCUT2D eigenvalue weighted by atomic mass is 35.5. The van der Waals surface area contributed by atoms with Crippen molar-refractivity contribution in [1.29, 1.82) is 0 Å². The summed E-state index contributed by atoms with van der Waals surface area (Å²) in [6.07, 6.45) is 1.82. The molecule has 1 rings (SSSR count). The van der Waals surface area contributed by atoms with Crippen LogP contribution in [-0.2, 0) is 0 Å². The smallest absolute Gasteiger partial charge is 0.294 e. The number of hydrogen-bond acceptors (Lipinski definition) is 5. The molecule has 2 atom stereocenters. The molecule has 106 valence electrons. The van der Waals surface area contributed by atoms with E-state index in [0.717, 1.165) is 12.1 Å². The number of aliphatic hydroxyl groups excluding tert-OH is 1. The number of nitro benzene ring substituents is 1. The highest BCUT2D eigenvalue weighted by Gasteiger charge is 2.22. The lowest BCUT2D eigenvalue weighted by Gasteiger charge is -2.22. The Balaban J connectivity index is 3.06. The number of thioether (sulfide) groups is 1. The van der Waals surface area contributed by atoms with Gasteiger partial charge in [-0.25, -0.2) is 4.39 Å². The average molecular weight is 309 g/mol. The molecule has 0 radical (unpaired) electrons. The van der Waals surface area contributed by atoms with Crippen LogP contribution in [0.25, 0.3) is 0 Å². The van der Waals surface area contributed by atoms with Crippen molar-refractivity contribution in [2.75, 3.05) is 18.2 Å². The maximum Gasteiger partial charge on any atom is 0.294 e. The van der Waals surface area contributed by atoms with Gasteiger partial charge in [-0.3, -0.25) is 10.1 Å². The molecule has 2 N–H and O–H groups in total. The van der Waals surface area contributed by atoms with E-state index in [-0.39, 0.29) is 34.3 Å². The number of nitrogens with one attached hydrogen (secondary N) is 1. The molecule has 0 aromatic heterocycles. The van der Waals surface area contributed by atoms with Gasteiger partial charge in [0.25, 0.3) is 5.69 Å². The molecule has 19 heavy (non-hydrogen) atoms. The summed E-state index contributed by atoms with van der Waals surface area (Å²) in [5, 5.41) is 22.5. The molecular weight excluding hydrogens is 295 g/mol. The third-order valence-electron chi connectivity index (χ3n) is 2.66. The molecule has 0 fully saturated rings. The first-order chi connectivity index (χ1) is 8.90. The van der Waals surface area contributed by atoms with Crippen molar-refractivity contribution in [2.24, 2.45) is 0 Å². The lowest BCUT2D eigenvalue weighted by atomic mass is 10.2. The molecule has 0 saturated carbocycles. The van der Waals surface area contributed by atoms with E-state index in [2.05, 4.69) is 5.32 Å². The molecule has 0 aliphatic rings. The van der Waals surface area contributed by atoms with Crippen LogP contribution in [0.1, 0.15) is 6.92 Å². The van der Waals surface area contributed by atoms with Crippen LogP contribution in [-0.4, -0.2) is 34.2 Å². The molecule has 1 aromatic rings. The molecule has 0 aliphatic carbocycles. The number of aliphatic hydroxyl groups is 1. The fourth-order valence-corrected chi connectivity index (χ4v) is 2.36. The normalized spacial score (nSPS) is 13.9. The lowest BCUT2D eigenvalue weighted by Crippen LogP contribution is -2.31. The number of nitrogens with zero attached hydrogens (tertiary/aromatic N) is 1. The highest BCUT2D eigenvalue weighted by molar-refractivity contribution is 7.99. The topological polar surface area (TPSA) is 75.4 Å². The van der Waals surface area contributed by atoms with Gasteiger partial charge in [0, 0.05) is 23.4 Å². The van der Waals surface area contributed by atoms with Crippen molar-refractivity contribution >= 4 is 34.7 Å². The van der Waals surface area contributed by atoms with E-state index in [1.165, 1.54) is 11.8 Å². The SMILES string of the molecule is CSC(CO)C(C)Nc1cc(F)c(Cl)cc1[N+](=O)[O-]. The highest BCUT2D eigenvalue weighted by Crippen LogP contribution is 2.31. The van der Waals surface area contributed by atoms with Crippen molar-refractivity contribution in [2.45, 2.75) is 18.2 Å². The van der Waals surface area contributed by atoms with Crippen molar-refractivity contribution in [3.63, 3.8) is 0 Å². The Morgan fingerprint density at radius 3 is 2.74 bits per heavy atom. The summed E-state index contributed by atoms with van der Waals surface area (Å²) >= 11 is 6.95. The summed E-state index contributed by atoms with van der Waals surface area (Å²) < 4.78 is 13.4. The van der Waals surface area contributed by atoms with E-state index < -0.39 is 10.7 Å². The van der Waals surface area contributed by atoms with Gasteiger partial charge in [-0.2, -0.15) is 11.8 Å². The van der Waals surface area contributed by atoms with Gasteiger partial charge >= 0.3 is 0 Å². The number of hydrogen-bond donors (Lipinski definition) is 2. The fraction of sp³-hybridized carbons (Fsp3) is 0.455. The standard InChI is InChI=1S/C11H14ClFN2O3S/c1-6(11(5-16)19-2)14-9-4-8(13)7(12)3-10(9)15(17)18/h3-4,6,11,14,16H,5H2,1-2H3. The summed E-state index contributed by atoms with van der Waals surface area (Å²) in [5.74, 6) is -0.730. The molecule has 8 heteroatoms. The Labute approximate surface area is 119 Å². The second kappa shape index (κ2) is 6.93. The molecule has 0 bridgehead atoms. The van der Waals surface area contributed by atoms with Crippen LogP contribution in [0.4, 0.5) is 15.8 Å². The zero-order valence-corrected chi connectivity index (χ0v) is 12.0. The summed E-state index contributed by atoms with van der Waals surface area (Å²) in [4.78, 5) is 10.3. The maximum absolute atomic E-state index is 13.4. The molecule has 0 amide bonds. The van der Waals surface area contributed by atoms with Gasteiger partial charge in [-0.1, -0.05) is 11.6 Å². The molecule has 5 nitrogen and oxygen atoms in total. The van der Waals surface area contributed by atoms with Crippen LogP contribution in [0.5, 0.6) is 0 Å². The fourth-order valence-electron chi connectivity index (χ4n) is 1.58. The summed E-state index contributed by atoms with van der Waals surface area (Å²) in [5.41, 5.74) is -0.247. The van der Waals surface area contributed by atoms with Crippen LogP contribution >= 0.6 is 23.4 Å². The monoisotopic (exact) mass is 308 g/mol. The first-order valence-electron chi connectivity index (χ1n) is 5.44. The Morgan fingerprint density at radius 1 is 1.63 bits per heavy atom. The first-order valence-corrected chi connectivity index (χ1v) is 7.11. The molecule has 2 unspecified atom stereocenters. The average Bonchev–Trinajstić information content (AvgIpc) is 2.34. The number of anilines is 1. The van der Waals surface area contributed by atoms with E-state index in [0.29, 0.717) is 0 Å². The van der Waals surface area contributed by atoms with Crippen molar-refractivity contribution in [1.82, 2.24) is 0 Å². The van der Waals surface area contributed by atoms with Crippen molar-refractivity contribution in [3.05, 3.63) is 33.1 Å². The minimum atomic E-state index is -0.730. The van der Waals surface area contributed by atoms with Crippen molar-refractivity contribution in [3.8, 4) is 0 Å². The number of halogens is 2. The molecule has 0 heterocycles. The second-order valence-corrected chi connectivity index (χ2v) is 5.41. The Kier molecular flexibility index (Phi) is 5.84. The molecule has 0 saturated heterocycles. The zero-order valence-electron chi connectivity index (χ0n) is 10.4. The van der Waals surface area contributed by atoms with E-state index >= 15 is 0 Å². The minimum absolute atomic E-state index is 0.0481. The van der Waals surface area contributed by atoms with Gasteiger partial charge in [-0.15, -0.1) is 0 Å². The summed E-state index contributed by atoms with van der Waals surface area (Å²) in [6.45, 7) is 1.67.